The van der Waals surface area contributed by atoms with Crippen LogP contribution >= 0.6 is 11.6 Å². The van der Waals surface area contributed by atoms with Gasteiger partial charge in [-0.25, -0.2) is 0 Å². The lowest BCUT2D eigenvalue weighted by molar-refractivity contribution is -0.905. The fourth-order valence-electron chi connectivity index (χ4n) is 1.78. The van der Waals surface area contributed by atoms with Crippen molar-refractivity contribution in [3.8, 4) is 0 Å². The highest BCUT2D eigenvalue weighted by atomic mass is 35.5. The average Bonchev–Trinajstić information content (AvgIpc) is 2.37. The smallest absolute Gasteiger partial charge is 0.101 e. The average molecular weight is 311 g/mol. The first-order chi connectivity index (χ1) is 8.25. The van der Waals surface area contributed by atoms with Crippen molar-refractivity contribution in [3.63, 3.8) is 0 Å². The Balaban J connectivity index is 0.00000162. The highest BCUT2D eigenvalue weighted by Gasteiger charge is 2.15. The first kappa shape index (κ1) is 15.9. The van der Waals surface area contributed by atoms with Gasteiger partial charge in [0.15, 0.2) is 0 Å². The van der Waals surface area contributed by atoms with Crippen molar-refractivity contribution in [1.82, 2.24) is 4.98 Å². The SMILES string of the molecule is O=S(CC[NH+]1CCOCC1)c1cncc(Cl)c1.[Cl-]. The van der Waals surface area contributed by atoms with Gasteiger partial charge in [-0.1, -0.05) is 11.6 Å². The van der Waals surface area contributed by atoms with Gasteiger partial charge in [0.05, 0.1) is 46.2 Å². The first-order valence-electron chi connectivity index (χ1n) is 5.66. The van der Waals surface area contributed by atoms with Crippen LogP contribution in [0.4, 0.5) is 0 Å². The van der Waals surface area contributed by atoms with E-state index in [1.54, 1.807) is 18.5 Å². The Morgan fingerprint density at radius 2 is 2.11 bits per heavy atom. The van der Waals surface area contributed by atoms with Crippen LogP contribution in [0.1, 0.15) is 0 Å². The molecule has 7 heteroatoms. The minimum absolute atomic E-state index is 0. The van der Waals surface area contributed by atoms with Crippen LogP contribution in [0, 0.1) is 0 Å². The highest BCUT2D eigenvalue weighted by Crippen LogP contribution is 2.11. The Morgan fingerprint density at radius 1 is 1.39 bits per heavy atom. The Kier molecular flexibility index (Phi) is 7.11. The molecule has 1 unspecified atom stereocenters. The second kappa shape index (κ2) is 8.07. The zero-order chi connectivity index (χ0) is 12.1. The van der Waals surface area contributed by atoms with Crippen LogP contribution in [0.15, 0.2) is 23.4 Å². The third-order valence-electron chi connectivity index (χ3n) is 2.78. The molecule has 1 saturated heterocycles. The van der Waals surface area contributed by atoms with Gasteiger partial charge in [-0.05, 0) is 6.07 Å². The minimum atomic E-state index is -1.00. The predicted molar refractivity (Wildman–Crippen MR) is 66.9 cm³/mol. The van der Waals surface area contributed by atoms with Gasteiger partial charge in [-0.2, -0.15) is 0 Å². The van der Waals surface area contributed by atoms with E-state index in [0.29, 0.717) is 15.7 Å². The van der Waals surface area contributed by atoms with E-state index in [9.17, 15) is 4.21 Å². The summed E-state index contributed by atoms with van der Waals surface area (Å²) in [6.07, 6.45) is 3.17. The van der Waals surface area contributed by atoms with Gasteiger partial charge in [-0.15, -0.1) is 0 Å². The molecule has 102 valence electrons. The topological polar surface area (TPSA) is 43.6 Å². The summed E-state index contributed by atoms with van der Waals surface area (Å²) in [4.78, 5) is 6.12. The molecule has 1 atom stereocenters. The Bertz CT molecular complexity index is 400. The maximum atomic E-state index is 12.0. The molecule has 1 fully saturated rings. The third-order valence-corrected chi connectivity index (χ3v) is 4.31. The molecule has 4 nitrogen and oxygen atoms in total. The molecule has 2 rings (SSSR count). The number of ether oxygens (including phenoxy) is 1. The van der Waals surface area contributed by atoms with Crippen LogP contribution in [0.3, 0.4) is 0 Å². The summed E-state index contributed by atoms with van der Waals surface area (Å²) in [5.41, 5.74) is 0. The summed E-state index contributed by atoms with van der Waals surface area (Å²) in [5.74, 6) is 0.650. The van der Waals surface area contributed by atoms with Gasteiger partial charge >= 0.3 is 0 Å². The van der Waals surface area contributed by atoms with Crippen molar-refractivity contribution in [1.29, 1.82) is 0 Å². The van der Waals surface area contributed by atoms with E-state index in [4.69, 9.17) is 16.3 Å². The summed E-state index contributed by atoms with van der Waals surface area (Å²) in [7, 11) is -1.00. The number of morpholine rings is 1. The Labute approximate surface area is 121 Å². The quantitative estimate of drug-likeness (QED) is 0.636. The molecular formula is C11H16Cl2N2O2S. The van der Waals surface area contributed by atoms with E-state index < -0.39 is 10.8 Å². The molecule has 0 amide bonds. The number of hydrogen-bond acceptors (Lipinski definition) is 3. The number of nitrogens with one attached hydrogen (secondary N) is 1. The van der Waals surface area contributed by atoms with Gasteiger partial charge in [0.25, 0.3) is 0 Å². The van der Waals surface area contributed by atoms with Gasteiger partial charge in [-0.3, -0.25) is 9.19 Å². The lowest BCUT2D eigenvalue weighted by atomic mass is 10.4. The summed E-state index contributed by atoms with van der Waals surface area (Å²) < 4.78 is 17.3. The lowest BCUT2D eigenvalue weighted by Crippen LogP contribution is -3.14. The second-order valence-electron chi connectivity index (χ2n) is 4.00. The van der Waals surface area contributed by atoms with Crippen molar-refractivity contribution in [2.75, 3.05) is 38.6 Å². The molecule has 0 spiro atoms. The van der Waals surface area contributed by atoms with Crippen LogP contribution in [-0.4, -0.2) is 47.8 Å². The fourth-order valence-corrected chi connectivity index (χ4v) is 3.17. The number of halogens is 2. The second-order valence-corrected chi connectivity index (χ2v) is 6.01. The molecule has 2 heterocycles. The number of hydrogen-bond donors (Lipinski definition) is 1. The van der Waals surface area contributed by atoms with Crippen LogP contribution in [-0.2, 0) is 15.5 Å². The third kappa shape index (κ3) is 4.82. The molecule has 1 aliphatic rings. The van der Waals surface area contributed by atoms with Crippen LogP contribution in [0.25, 0.3) is 0 Å². The molecular weight excluding hydrogens is 295 g/mol. The zero-order valence-electron chi connectivity index (χ0n) is 9.90. The van der Waals surface area contributed by atoms with E-state index in [2.05, 4.69) is 4.98 Å². The van der Waals surface area contributed by atoms with Crippen molar-refractivity contribution in [2.24, 2.45) is 0 Å². The van der Waals surface area contributed by atoms with Gasteiger partial charge in [0.1, 0.15) is 13.1 Å². The Hall–Kier alpha value is -0.200. The summed E-state index contributed by atoms with van der Waals surface area (Å²) in [5, 5.41) is 0.537. The molecule has 0 radical (unpaired) electrons. The van der Waals surface area contributed by atoms with E-state index in [0.717, 1.165) is 32.8 Å². The Morgan fingerprint density at radius 3 is 2.78 bits per heavy atom. The predicted octanol–water partition coefficient (Wildman–Crippen LogP) is -3.24. The monoisotopic (exact) mass is 310 g/mol. The molecule has 1 aromatic heterocycles. The van der Waals surface area contributed by atoms with Crippen molar-refractivity contribution < 1.29 is 26.3 Å². The van der Waals surface area contributed by atoms with Crippen LogP contribution in [0.5, 0.6) is 0 Å². The minimum Gasteiger partial charge on any atom is -1.00 e. The molecule has 0 saturated carbocycles. The standard InChI is InChI=1S/C11H15ClN2O2S.ClH/c12-10-7-11(9-13-8-10)17(15)6-3-14-1-4-16-5-2-14;/h7-9H,1-6H2;1H. The van der Waals surface area contributed by atoms with Crippen LogP contribution in [0.2, 0.25) is 5.02 Å². The van der Waals surface area contributed by atoms with Crippen molar-refractivity contribution >= 4 is 22.4 Å². The number of pyridine rings is 1. The summed E-state index contributed by atoms with van der Waals surface area (Å²) in [6.45, 7) is 4.53. The first-order valence-corrected chi connectivity index (χ1v) is 7.35. The van der Waals surface area contributed by atoms with Gasteiger partial charge in [0, 0.05) is 12.4 Å². The van der Waals surface area contributed by atoms with Crippen molar-refractivity contribution in [2.45, 2.75) is 4.90 Å². The molecule has 18 heavy (non-hydrogen) atoms. The maximum Gasteiger partial charge on any atom is 0.101 e. The van der Waals surface area contributed by atoms with E-state index in [1.165, 1.54) is 4.90 Å². The van der Waals surface area contributed by atoms with Crippen molar-refractivity contribution in [3.05, 3.63) is 23.5 Å². The fraction of sp³-hybridized carbons (Fsp3) is 0.545. The summed E-state index contributed by atoms with van der Waals surface area (Å²) in [6, 6.07) is 1.72. The molecule has 0 aromatic carbocycles. The van der Waals surface area contributed by atoms with Gasteiger partial charge in [0.2, 0.25) is 0 Å². The molecule has 1 N–H and O–H groups in total. The number of rotatable bonds is 4. The molecule has 1 aliphatic heterocycles. The largest absolute Gasteiger partial charge is 1.00 e. The van der Waals surface area contributed by atoms with E-state index in [1.807, 2.05) is 0 Å². The molecule has 1 aromatic rings. The zero-order valence-corrected chi connectivity index (χ0v) is 12.2. The number of aromatic nitrogens is 1. The molecule has 0 bridgehead atoms. The highest BCUT2D eigenvalue weighted by molar-refractivity contribution is 7.85. The maximum absolute atomic E-state index is 12.0. The number of quaternary nitrogens is 1. The summed E-state index contributed by atoms with van der Waals surface area (Å²) >= 11 is 5.82. The van der Waals surface area contributed by atoms with E-state index >= 15 is 0 Å². The van der Waals surface area contributed by atoms with E-state index in [-0.39, 0.29) is 12.4 Å². The normalized spacial score (nSPS) is 18.1. The number of nitrogens with zero attached hydrogens (tertiary/aromatic N) is 1. The van der Waals surface area contributed by atoms with Crippen LogP contribution < -0.4 is 17.3 Å². The lowest BCUT2D eigenvalue weighted by Gasteiger charge is -2.23. The van der Waals surface area contributed by atoms with Gasteiger partial charge < -0.3 is 22.0 Å². The molecule has 0 aliphatic carbocycles.